The van der Waals surface area contributed by atoms with Crippen LogP contribution in [0, 0.1) is 11.8 Å². The summed E-state index contributed by atoms with van der Waals surface area (Å²) in [6.45, 7) is 10.6. The zero-order valence-electron chi connectivity index (χ0n) is 32.4. The number of anilines is 1. The Balaban J connectivity index is 1.80. The predicted octanol–water partition coefficient (Wildman–Crippen LogP) is 14.4. The van der Waals surface area contributed by atoms with Crippen LogP contribution in [0.4, 0.5) is 5.69 Å². The topological polar surface area (TPSA) is 47.6 Å². The molecule has 0 bridgehead atoms. The van der Waals surface area contributed by atoms with Gasteiger partial charge < -0.3 is 14.8 Å². The van der Waals surface area contributed by atoms with Gasteiger partial charge in [-0.25, -0.2) is 0 Å². The number of hydrogen-bond donors (Lipinski definition) is 1. The van der Waals surface area contributed by atoms with E-state index in [1.165, 1.54) is 154 Å². The van der Waals surface area contributed by atoms with Crippen molar-refractivity contribution in [3.8, 4) is 11.5 Å². The van der Waals surface area contributed by atoms with Gasteiger partial charge >= 0.3 is 0 Å². The smallest absolute Gasteiger partial charge is 0.255 e. The molecule has 2 atom stereocenters. The number of amides is 1. The fourth-order valence-corrected chi connectivity index (χ4v) is 6.74. The summed E-state index contributed by atoms with van der Waals surface area (Å²) in [5.74, 6) is 2.84. The van der Waals surface area contributed by atoms with Crippen molar-refractivity contribution in [3.05, 3.63) is 54.1 Å². The molecule has 1 N–H and O–H groups in total. The van der Waals surface area contributed by atoms with Crippen molar-refractivity contribution >= 4 is 11.6 Å². The minimum atomic E-state index is -0.108. The number of benzene rings is 2. The molecule has 0 saturated carbocycles. The Morgan fingerprint density at radius 2 is 0.796 bits per heavy atom. The van der Waals surface area contributed by atoms with Crippen LogP contribution in [0.2, 0.25) is 0 Å². The highest BCUT2D eigenvalue weighted by atomic mass is 16.5. The van der Waals surface area contributed by atoms with Crippen LogP contribution in [-0.2, 0) is 0 Å². The van der Waals surface area contributed by atoms with Gasteiger partial charge in [0, 0.05) is 11.3 Å². The quantitative estimate of drug-likeness (QED) is 0.0784. The lowest BCUT2D eigenvalue weighted by atomic mass is 9.95. The lowest BCUT2D eigenvalue weighted by Crippen LogP contribution is -2.14. The summed E-state index contributed by atoms with van der Waals surface area (Å²) in [5, 5.41) is 3.05. The van der Waals surface area contributed by atoms with Crippen molar-refractivity contribution in [2.75, 3.05) is 18.5 Å². The van der Waals surface area contributed by atoms with Crippen LogP contribution < -0.4 is 14.8 Å². The number of rotatable bonds is 32. The van der Waals surface area contributed by atoms with Crippen LogP contribution in [0.1, 0.15) is 192 Å². The molecule has 2 aromatic rings. The van der Waals surface area contributed by atoms with Gasteiger partial charge in [-0.2, -0.15) is 0 Å². The van der Waals surface area contributed by atoms with Gasteiger partial charge in [-0.1, -0.05) is 156 Å². The van der Waals surface area contributed by atoms with Crippen LogP contribution in [0.5, 0.6) is 11.5 Å². The Labute approximate surface area is 302 Å². The molecule has 278 valence electrons. The van der Waals surface area contributed by atoms with Crippen LogP contribution in [0.15, 0.2) is 48.5 Å². The molecule has 0 aliphatic heterocycles. The Morgan fingerprint density at radius 1 is 0.469 bits per heavy atom. The third-order valence-electron chi connectivity index (χ3n) is 10.1. The monoisotopic (exact) mass is 678 g/mol. The van der Waals surface area contributed by atoms with Gasteiger partial charge in [-0.05, 0) is 86.1 Å². The highest BCUT2D eigenvalue weighted by molar-refractivity contribution is 6.04. The fourth-order valence-electron chi connectivity index (χ4n) is 6.74. The van der Waals surface area contributed by atoms with Gasteiger partial charge in [0.05, 0.1) is 13.2 Å². The Morgan fingerprint density at radius 3 is 1.18 bits per heavy atom. The largest absolute Gasteiger partial charge is 0.493 e. The zero-order chi connectivity index (χ0) is 35.2. The standard InChI is InChI=1S/C45H75NO3/c1-5-9-13-17-19-23-27-39(25-21-15-11-7-3)37-48-43-33-29-41(30-34-43)45(47)46-42-31-35-44(36-32-42)49-38-40(26-22-16-12-8-4)28-24-20-18-14-10-6-2/h29-36,39-40H,5-28,37-38H2,1-4H3,(H,46,47). The second kappa shape index (κ2) is 29.3. The molecule has 0 radical (unpaired) electrons. The maximum Gasteiger partial charge on any atom is 0.255 e. The summed E-state index contributed by atoms with van der Waals surface area (Å²) >= 11 is 0. The molecule has 0 fully saturated rings. The zero-order valence-corrected chi connectivity index (χ0v) is 32.4. The van der Waals surface area contributed by atoms with E-state index in [-0.39, 0.29) is 5.91 Å². The van der Waals surface area contributed by atoms with E-state index in [2.05, 4.69) is 33.0 Å². The van der Waals surface area contributed by atoms with Crippen molar-refractivity contribution < 1.29 is 14.3 Å². The average Bonchev–Trinajstić information content (AvgIpc) is 3.12. The third kappa shape index (κ3) is 21.4. The maximum absolute atomic E-state index is 13.0. The minimum absolute atomic E-state index is 0.108. The summed E-state index contributed by atoms with van der Waals surface area (Å²) in [4.78, 5) is 13.0. The number of carbonyl (C=O) groups is 1. The van der Waals surface area contributed by atoms with Gasteiger partial charge in [0.1, 0.15) is 11.5 Å². The van der Waals surface area contributed by atoms with Gasteiger partial charge in [0.25, 0.3) is 5.91 Å². The van der Waals surface area contributed by atoms with E-state index in [9.17, 15) is 4.79 Å². The molecular weight excluding hydrogens is 602 g/mol. The van der Waals surface area contributed by atoms with E-state index in [1.807, 2.05) is 48.5 Å². The third-order valence-corrected chi connectivity index (χ3v) is 10.1. The maximum atomic E-state index is 13.0. The molecule has 1 amide bonds. The summed E-state index contributed by atoms with van der Waals surface area (Å²) in [6, 6.07) is 15.5. The number of ether oxygens (including phenoxy) is 2. The molecule has 0 heterocycles. The van der Waals surface area contributed by atoms with Gasteiger partial charge in [0.2, 0.25) is 0 Å². The fraction of sp³-hybridized carbons (Fsp3) is 0.711. The van der Waals surface area contributed by atoms with E-state index < -0.39 is 0 Å². The number of unbranched alkanes of at least 4 members (excludes halogenated alkanes) is 16. The second-order valence-corrected chi connectivity index (χ2v) is 14.7. The summed E-state index contributed by atoms with van der Waals surface area (Å²) in [5.41, 5.74) is 1.41. The van der Waals surface area contributed by atoms with E-state index in [4.69, 9.17) is 9.47 Å². The molecule has 0 spiro atoms. The summed E-state index contributed by atoms with van der Waals surface area (Å²) in [6.07, 6.45) is 31.5. The van der Waals surface area contributed by atoms with E-state index >= 15 is 0 Å². The molecule has 0 aromatic heterocycles. The molecule has 2 unspecified atom stereocenters. The first-order chi connectivity index (χ1) is 24.1. The molecule has 0 saturated heterocycles. The molecule has 0 aliphatic rings. The molecule has 49 heavy (non-hydrogen) atoms. The lowest BCUT2D eigenvalue weighted by molar-refractivity contribution is 0.102. The van der Waals surface area contributed by atoms with Crippen molar-refractivity contribution in [3.63, 3.8) is 0 Å². The molecular formula is C45H75NO3. The van der Waals surface area contributed by atoms with Crippen molar-refractivity contribution in [1.82, 2.24) is 0 Å². The van der Waals surface area contributed by atoms with E-state index in [1.54, 1.807) is 0 Å². The van der Waals surface area contributed by atoms with Crippen LogP contribution >= 0.6 is 0 Å². The number of nitrogens with one attached hydrogen (secondary N) is 1. The van der Waals surface area contributed by atoms with Crippen molar-refractivity contribution in [1.29, 1.82) is 0 Å². The highest BCUT2D eigenvalue weighted by Crippen LogP contribution is 2.24. The highest BCUT2D eigenvalue weighted by Gasteiger charge is 2.13. The number of carbonyl (C=O) groups excluding carboxylic acids is 1. The predicted molar refractivity (Wildman–Crippen MR) is 212 cm³/mol. The van der Waals surface area contributed by atoms with E-state index in [0.717, 1.165) is 30.4 Å². The first-order valence-electron chi connectivity index (χ1n) is 20.9. The number of hydrogen-bond acceptors (Lipinski definition) is 3. The molecule has 4 heteroatoms. The van der Waals surface area contributed by atoms with E-state index in [0.29, 0.717) is 17.4 Å². The normalized spacial score (nSPS) is 12.5. The molecule has 4 nitrogen and oxygen atoms in total. The Hall–Kier alpha value is -2.49. The molecule has 2 rings (SSSR count). The van der Waals surface area contributed by atoms with Gasteiger partial charge in [-0.3, -0.25) is 4.79 Å². The lowest BCUT2D eigenvalue weighted by Gasteiger charge is -2.18. The van der Waals surface area contributed by atoms with Crippen LogP contribution in [0.25, 0.3) is 0 Å². The molecule has 0 aliphatic carbocycles. The van der Waals surface area contributed by atoms with Gasteiger partial charge in [0.15, 0.2) is 0 Å². The Bertz CT molecular complexity index is 1030. The van der Waals surface area contributed by atoms with Crippen LogP contribution in [-0.4, -0.2) is 19.1 Å². The second-order valence-electron chi connectivity index (χ2n) is 14.7. The first kappa shape index (κ1) is 42.7. The summed E-state index contributed by atoms with van der Waals surface area (Å²) < 4.78 is 12.5. The van der Waals surface area contributed by atoms with Gasteiger partial charge in [-0.15, -0.1) is 0 Å². The van der Waals surface area contributed by atoms with Crippen molar-refractivity contribution in [2.45, 2.75) is 182 Å². The van der Waals surface area contributed by atoms with Crippen LogP contribution in [0.3, 0.4) is 0 Å². The minimum Gasteiger partial charge on any atom is -0.493 e. The van der Waals surface area contributed by atoms with Crippen molar-refractivity contribution in [2.24, 2.45) is 11.8 Å². The summed E-state index contributed by atoms with van der Waals surface area (Å²) in [7, 11) is 0. The Kier molecular flexibility index (Phi) is 25.5. The molecule has 2 aromatic carbocycles. The first-order valence-corrected chi connectivity index (χ1v) is 20.9. The average molecular weight is 678 g/mol. The SMILES string of the molecule is CCCCCCCCC(CCCCCC)COc1ccc(NC(=O)c2ccc(OCC(CCCCCC)CCCCCCCC)cc2)cc1.